The zero-order valence-electron chi connectivity index (χ0n) is 12.7. The molecule has 0 aromatic heterocycles. The van der Waals surface area contributed by atoms with Crippen molar-refractivity contribution in [2.24, 2.45) is 5.73 Å². The van der Waals surface area contributed by atoms with Gasteiger partial charge in [-0.15, -0.1) is 0 Å². The summed E-state index contributed by atoms with van der Waals surface area (Å²) in [4.78, 5) is 4.95. The molecule has 0 aliphatic carbocycles. The number of para-hydroxylation sites is 1. The van der Waals surface area contributed by atoms with Gasteiger partial charge in [-0.05, 0) is 45.9 Å². The van der Waals surface area contributed by atoms with E-state index in [-0.39, 0.29) is 11.6 Å². The lowest BCUT2D eigenvalue weighted by molar-refractivity contribution is 0.139. The molecule has 1 unspecified atom stereocenters. The normalized spacial score (nSPS) is 21.4. The van der Waals surface area contributed by atoms with Gasteiger partial charge in [-0.2, -0.15) is 0 Å². The van der Waals surface area contributed by atoms with Crippen molar-refractivity contribution in [1.82, 2.24) is 4.90 Å². The van der Waals surface area contributed by atoms with Gasteiger partial charge < -0.3 is 10.6 Å². The first-order chi connectivity index (χ1) is 8.90. The summed E-state index contributed by atoms with van der Waals surface area (Å²) in [6.07, 6.45) is 0.947. The van der Waals surface area contributed by atoms with Crippen LogP contribution in [0.25, 0.3) is 0 Å². The van der Waals surface area contributed by atoms with E-state index in [1.807, 2.05) is 0 Å². The number of hydrogen-bond acceptors (Lipinski definition) is 3. The van der Waals surface area contributed by atoms with Gasteiger partial charge >= 0.3 is 0 Å². The molecule has 1 aliphatic heterocycles. The molecule has 106 valence electrons. The highest BCUT2D eigenvalue weighted by molar-refractivity contribution is 5.54. The Kier molecular flexibility index (Phi) is 4.16. The molecule has 1 aromatic rings. The number of rotatable bonds is 3. The van der Waals surface area contributed by atoms with Crippen molar-refractivity contribution in [2.45, 2.75) is 38.8 Å². The van der Waals surface area contributed by atoms with E-state index in [4.69, 9.17) is 5.73 Å². The Labute approximate surface area is 117 Å². The van der Waals surface area contributed by atoms with Crippen LogP contribution < -0.4 is 10.6 Å². The second kappa shape index (κ2) is 5.51. The molecule has 3 nitrogen and oxygen atoms in total. The van der Waals surface area contributed by atoms with Gasteiger partial charge in [0.1, 0.15) is 0 Å². The average Bonchev–Trinajstić information content (AvgIpc) is 2.33. The molecule has 0 bridgehead atoms. The first-order valence-corrected chi connectivity index (χ1v) is 7.20. The predicted octanol–water partition coefficient (Wildman–Crippen LogP) is 2.11. The van der Waals surface area contributed by atoms with E-state index in [9.17, 15) is 0 Å². The Morgan fingerprint density at radius 2 is 1.95 bits per heavy atom. The third-order valence-corrected chi connectivity index (χ3v) is 4.19. The number of likely N-dealkylation sites (N-methyl/N-ethyl adjacent to an activating group) is 1. The predicted molar refractivity (Wildman–Crippen MR) is 82.7 cm³/mol. The third-order valence-electron chi connectivity index (χ3n) is 4.19. The van der Waals surface area contributed by atoms with Gasteiger partial charge in [0.25, 0.3) is 0 Å². The fraction of sp³-hybridized carbons (Fsp3) is 0.625. The van der Waals surface area contributed by atoms with Crippen LogP contribution in [0.4, 0.5) is 5.69 Å². The van der Waals surface area contributed by atoms with Crippen LogP contribution in [0.2, 0.25) is 0 Å². The molecule has 1 aliphatic rings. The van der Waals surface area contributed by atoms with Gasteiger partial charge in [-0.3, -0.25) is 4.90 Å². The van der Waals surface area contributed by atoms with E-state index >= 15 is 0 Å². The zero-order chi connectivity index (χ0) is 14.0. The lowest BCUT2D eigenvalue weighted by Gasteiger charge is -2.46. The number of benzene rings is 1. The van der Waals surface area contributed by atoms with Crippen molar-refractivity contribution in [3.63, 3.8) is 0 Å². The standard InChI is InChI=1S/C16H27N3/c1-13(17)11-14-7-5-6-8-15(14)19-10-9-18(4)16(2,3)12-19/h5-8,13H,9-12,17H2,1-4H3. The number of piperazine rings is 1. The minimum atomic E-state index is 0.210. The Morgan fingerprint density at radius 3 is 2.58 bits per heavy atom. The minimum absolute atomic E-state index is 0.210. The van der Waals surface area contributed by atoms with E-state index in [0.29, 0.717) is 0 Å². The summed E-state index contributed by atoms with van der Waals surface area (Å²) in [5, 5.41) is 0. The van der Waals surface area contributed by atoms with Crippen LogP contribution in [0.3, 0.4) is 0 Å². The summed E-state index contributed by atoms with van der Waals surface area (Å²) < 4.78 is 0. The van der Waals surface area contributed by atoms with E-state index in [1.54, 1.807) is 0 Å². The molecule has 19 heavy (non-hydrogen) atoms. The molecular weight excluding hydrogens is 234 g/mol. The maximum atomic E-state index is 5.97. The summed E-state index contributed by atoms with van der Waals surface area (Å²) in [7, 11) is 2.21. The van der Waals surface area contributed by atoms with Crippen molar-refractivity contribution in [3.05, 3.63) is 29.8 Å². The molecule has 0 amide bonds. The highest BCUT2D eigenvalue weighted by Crippen LogP contribution is 2.27. The number of anilines is 1. The van der Waals surface area contributed by atoms with Gasteiger partial charge in [0.05, 0.1) is 0 Å². The fourth-order valence-corrected chi connectivity index (χ4v) is 2.78. The summed E-state index contributed by atoms with van der Waals surface area (Å²) in [5.74, 6) is 0. The molecule has 0 radical (unpaired) electrons. The smallest absolute Gasteiger partial charge is 0.0400 e. The van der Waals surface area contributed by atoms with Crippen LogP contribution in [-0.4, -0.2) is 43.2 Å². The zero-order valence-corrected chi connectivity index (χ0v) is 12.7. The Morgan fingerprint density at radius 1 is 1.26 bits per heavy atom. The van der Waals surface area contributed by atoms with Crippen molar-refractivity contribution >= 4 is 5.69 Å². The van der Waals surface area contributed by atoms with Crippen molar-refractivity contribution in [3.8, 4) is 0 Å². The van der Waals surface area contributed by atoms with Crippen molar-refractivity contribution < 1.29 is 0 Å². The molecule has 2 rings (SSSR count). The molecule has 3 heteroatoms. The Bertz CT molecular complexity index is 426. The topological polar surface area (TPSA) is 32.5 Å². The first kappa shape index (κ1) is 14.4. The number of hydrogen-bond donors (Lipinski definition) is 1. The van der Waals surface area contributed by atoms with Gasteiger partial charge in [-0.1, -0.05) is 18.2 Å². The van der Waals surface area contributed by atoms with Crippen molar-refractivity contribution in [2.75, 3.05) is 31.6 Å². The van der Waals surface area contributed by atoms with Gasteiger partial charge in [-0.25, -0.2) is 0 Å². The van der Waals surface area contributed by atoms with Gasteiger partial charge in [0.15, 0.2) is 0 Å². The molecule has 0 saturated carbocycles. The van der Waals surface area contributed by atoms with E-state index < -0.39 is 0 Å². The van der Waals surface area contributed by atoms with Crippen LogP contribution in [0.15, 0.2) is 24.3 Å². The number of nitrogens with zero attached hydrogens (tertiary/aromatic N) is 2. The van der Waals surface area contributed by atoms with Crippen LogP contribution in [-0.2, 0) is 6.42 Å². The fourth-order valence-electron chi connectivity index (χ4n) is 2.78. The second-order valence-corrected chi connectivity index (χ2v) is 6.47. The molecule has 0 spiro atoms. The highest BCUT2D eigenvalue weighted by Gasteiger charge is 2.31. The molecule has 1 aromatic carbocycles. The summed E-state index contributed by atoms with van der Waals surface area (Å²) in [6, 6.07) is 8.90. The molecule has 1 atom stereocenters. The maximum Gasteiger partial charge on any atom is 0.0400 e. The van der Waals surface area contributed by atoms with Crippen LogP contribution in [0.5, 0.6) is 0 Å². The lowest BCUT2D eigenvalue weighted by Crippen LogP contribution is -2.57. The quantitative estimate of drug-likeness (QED) is 0.904. The third kappa shape index (κ3) is 3.28. The van der Waals surface area contributed by atoms with Gasteiger partial charge in [0.2, 0.25) is 0 Å². The summed E-state index contributed by atoms with van der Waals surface area (Å²) >= 11 is 0. The molecule has 1 saturated heterocycles. The SMILES string of the molecule is CC(N)Cc1ccccc1N1CCN(C)C(C)(C)C1. The Balaban J connectivity index is 2.22. The molecule has 1 heterocycles. The minimum Gasteiger partial charge on any atom is -0.368 e. The monoisotopic (exact) mass is 261 g/mol. The van der Waals surface area contributed by atoms with Gasteiger partial charge in [0, 0.05) is 36.9 Å². The van der Waals surface area contributed by atoms with E-state index in [0.717, 1.165) is 26.1 Å². The lowest BCUT2D eigenvalue weighted by atomic mass is 9.97. The second-order valence-electron chi connectivity index (χ2n) is 6.47. The van der Waals surface area contributed by atoms with Crippen molar-refractivity contribution in [1.29, 1.82) is 0 Å². The van der Waals surface area contributed by atoms with E-state index in [1.165, 1.54) is 11.3 Å². The maximum absolute atomic E-state index is 5.97. The first-order valence-electron chi connectivity index (χ1n) is 7.20. The molecule has 1 fully saturated rings. The molecular formula is C16H27N3. The van der Waals surface area contributed by atoms with E-state index in [2.05, 4.69) is 61.9 Å². The summed E-state index contributed by atoms with van der Waals surface area (Å²) in [5.41, 5.74) is 8.93. The van der Waals surface area contributed by atoms with Crippen LogP contribution in [0, 0.1) is 0 Å². The number of nitrogens with two attached hydrogens (primary N) is 1. The van der Waals surface area contributed by atoms with Crippen LogP contribution >= 0.6 is 0 Å². The van der Waals surface area contributed by atoms with Crippen LogP contribution in [0.1, 0.15) is 26.3 Å². The highest BCUT2D eigenvalue weighted by atomic mass is 15.3. The molecule has 2 N–H and O–H groups in total. The summed E-state index contributed by atoms with van der Waals surface area (Å²) in [6.45, 7) is 9.97. The Hall–Kier alpha value is -1.06. The average molecular weight is 261 g/mol. The largest absolute Gasteiger partial charge is 0.368 e.